The number of anilines is 1. The highest BCUT2D eigenvalue weighted by atomic mass is 35.5. The number of rotatable bonds is 15. The van der Waals surface area contributed by atoms with E-state index in [2.05, 4.69) is 21.3 Å². The Morgan fingerprint density at radius 1 is 0.824 bits per heavy atom. The van der Waals surface area contributed by atoms with Crippen molar-refractivity contribution >= 4 is 41.0 Å². The van der Waals surface area contributed by atoms with Crippen LogP contribution >= 0.6 is 23.2 Å². The van der Waals surface area contributed by atoms with Crippen molar-refractivity contribution in [3.8, 4) is 33.8 Å². The maximum absolute atomic E-state index is 11.5. The first kappa shape index (κ1) is 36.7. The molecule has 1 saturated carbocycles. The molecule has 1 saturated heterocycles. The van der Waals surface area contributed by atoms with Crippen LogP contribution in [0.4, 0.5) is 5.69 Å². The Kier molecular flexibility index (Phi) is 12.5. The molecule has 1 unspecified atom stereocenters. The number of amides is 1. The summed E-state index contributed by atoms with van der Waals surface area (Å²) in [6.07, 6.45) is 9.12. The molecule has 1 aliphatic carbocycles. The summed E-state index contributed by atoms with van der Waals surface area (Å²) in [5.74, 6) is 1.68. The summed E-state index contributed by atoms with van der Waals surface area (Å²) >= 11 is 14.0. The van der Waals surface area contributed by atoms with Crippen molar-refractivity contribution in [2.45, 2.75) is 76.7 Å². The second kappa shape index (κ2) is 17.4. The van der Waals surface area contributed by atoms with Gasteiger partial charge in [-0.3, -0.25) is 4.79 Å². The van der Waals surface area contributed by atoms with Crippen LogP contribution < -0.4 is 30.7 Å². The number of methoxy groups -OCH3 is 2. The first-order valence-electron chi connectivity index (χ1n) is 17.8. The third-order valence-corrected chi connectivity index (χ3v) is 10.8. The minimum Gasteiger partial charge on any atom is -0.496 e. The van der Waals surface area contributed by atoms with E-state index in [4.69, 9.17) is 38.1 Å². The molecule has 0 aromatic heterocycles. The van der Waals surface area contributed by atoms with Crippen molar-refractivity contribution in [1.82, 2.24) is 16.0 Å². The van der Waals surface area contributed by atoms with Crippen LogP contribution in [0.2, 0.25) is 10.0 Å². The molecule has 0 bridgehead atoms. The Morgan fingerprint density at radius 3 is 2.31 bits per heavy atom. The number of benzene rings is 4. The Hall–Kier alpha value is -4.08. The van der Waals surface area contributed by atoms with E-state index in [0.717, 1.165) is 74.7 Å². The molecule has 4 aromatic rings. The van der Waals surface area contributed by atoms with E-state index in [-0.39, 0.29) is 11.9 Å². The Bertz CT molecular complexity index is 1860. The normalized spacial score (nSPS) is 16.2. The predicted molar refractivity (Wildman–Crippen MR) is 209 cm³/mol. The second-order valence-corrected chi connectivity index (χ2v) is 14.1. The van der Waals surface area contributed by atoms with Crippen LogP contribution in [-0.2, 0) is 24.4 Å². The molecule has 8 nitrogen and oxygen atoms in total. The molecule has 5 N–H and O–H groups in total. The summed E-state index contributed by atoms with van der Waals surface area (Å²) in [4.78, 5) is 11.5. The number of halogens is 2. The van der Waals surface area contributed by atoms with Crippen LogP contribution in [0, 0.1) is 5.41 Å². The van der Waals surface area contributed by atoms with Crippen LogP contribution in [0.5, 0.6) is 11.5 Å². The number of ether oxygens (including phenoxy) is 2. The van der Waals surface area contributed by atoms with Crippen LogP contribution in [0.1, 0.15) is 67.2 Å². The molecule has 2 fully saturated rings. The van der Waals surface area contributed by atoms with Gasteiger partial charge in [0.25, 0.3) is 0 Å². The van der Waals surface area contributed by atoms with Crippen molar-refractivity contribution in [3.05, 3.63) is 99.0 Å². The molecule has 4 aromatic carbocycles. The Labute approximate surface area is 311 Å². The minimum atomic E-state index is 0.114. The molecule has 0 radical (unpaired) electrons. The van der Waals surface area contributed by atoms with Gasteiger partial charge in [-0.1, -0.05) is 84.9 Å². The van der Waals surface area contributed by atoms with Gasteiger partial charge in [0.2, 0.25) is 5.91 Å². The second-order valence-electron chi connectivity index (χ2n) is 13.4. The van der Waals surface area contributed by atoms with Crippen molar-refractivity contribution in [2.24, 2.45) is 0 Å². The van der Waals surface area contributed by atoms with Gasteiger partial charge >= 0.3 is 0 Å². The lowest BCUT2D eigenvalue weighted by Gasteiger charge is -2.23. The summed E-state index contributed by atoms with van der Waals surface area (Å²) in [5.41, 5.74) is 7.98. The van der Waals surface area contributed by atoms with Gasteiger partial charge in [-0.15, -0.1) is 0 Å². The average Bonchev–Trinajstić information content (AvgIpc) is 3.58. The maximum Gasteiger partial charge on any atom is 0.220 e. The van der Waals surface area contributed by atoms with E-state index in [9.17, 15) is 4.79 Å². The minimum absolute atomic E-state index is 0.114. The van der Waals surface area contributed by atoms with Gasteiger partial charge in [-0.2, -0.15) is 0 Å². The van der Waals surface area contributed by atoms with Crippen LogP contribution in [0.15, 0.2) is 66.7 Å². The molecule has 1 amide bonds. The third-order valence-electron chi connectivity index (χ3n) is 10.0. The van der Waals surface area contributed by atoms with Crippen molar-refractivity contribution in [2.75, 3.05) is 26.1 Å². The van der Waals surface area contributed by atoms with E-state index in [1.54, 1.807) is 14.2 Å². The third kappa shape index (κ3) is 8.87. The van der Waals surface area contributed by atoms with Gasteiger partial charge in [0.05, 0.1) is 19.2 Å². The van der Waals surface area contributed by atoms with Gasteiger partial charge in [0, 0.05) is 89.4 Å². The number of nitrogens with one attached hydrogen (secondary N) is 5. The molecule has 268 valence electrons. The quantitative estimate of drug-likeness (QED) is 0.0785. The van der Waals surface area contributed by atoms with Crippen LogP contribution in [-0.4, -0.2) is 45.0 Å². The van der Waals surface area contributed by atoms with Crippen LogP contribution in [0.3, 0.4) is 0 Å². The molecule has 1 aliphatic heterocycles. The van der Waals surface area contributed by atoms with Gasteiger partial charge in [0.15, 0.2) is 0 Å². The fraction of sp³-hybridized carbons (Fsp3) is 0.366. The highest BCUT2D eigenvalue weighted by molar-refractivity contribution is 6.36. The van der Waals surface area contributed by atoms with E-state index >= 15 is 0 Å². The highest BCUT2D eigenvalue weighted by Crippen LogP contribution is 2.40. The van der Waals surface area contributed by atoms with Gasteiger partial charge in [0.1, 0.15) is 11.5 Å². The monoisotopic (exact) mass is 727 g/mol. The predicted octanol–water partition coefficient (Wildman–Crippen LogP) is 8.74. The van der Waals surface area contributed by atoms with Crippen molar-refractivity contribution < 1.29 is 14.3 Å². The summed E-state index contributed by atoms with van der Waals surface area (Å²) in [6.45, 7) is 2.50. The standard InChI is InChI=1S/C41H47Cl2N5O3/c1-50-38-19-26(14-15-27(38)22-45-25-31-16-17-40(49)48-31)32-10-6-12-34(41(32)43)33-11-7-13-37(35(33)21-44)47-23-28-20-39(51-2)29(18-36(28)42)24-46-30-8-4-3-5-9-30/h6-7,10-15,18-21,30-31,44-47H,3-5,8-9,16-17,22-25H2,1-2H3,(H,48,49). The van der Waals surface area contributed by atoms with E-state index < -0.39 is 0 Å². The van der Waals surface area contributed by atoms with Crippen LogP contribution in [0.25, 0.3) is 22.3 Å². The summed E-state index contributed by atoms with van der Waals surface area (Å²) in [7, 11) is 3.36. The molecular weight excluding hydrogens is 681 g/mol. The fourth-order valence-electron chi connectivity index (χ4n) is 7.19. The fourth-order valence-corrected chi connectivity index (χ4v) is 7.78. The number of hydrogen-bond acceptors (Lipinski definition) is 7. The smallest absolute Gasteiger partial charge is 0.220 e. The van der Waals surface area contributed by atoms with E-state index in [0.29, 0.717) is 42.1 Å². The largest absolute Gasteiger partial charge is 0.496 e. The summed E-state index contributed by atoms with van der Waals surface area (Å²) in [5, 5.41) is 23.3. The summed E-state index contributed by atoms with van der Waals surface area (Å²) in [6, 6.07) is 22.7. The zero-order valence-corrected chi connectivity index (χ0v) is 30.9. The van der Waals surface area contributed by atoms with Gasteiger partial charge in [-0.25, -0.2) is 0 Å². The molecule has 10 heteroatoms. The lowest BCUT2D eigenvalue weighted by molar-refractivity contribution is -0.119. The number of hydrogen-bond donors (Lipinski definition) is 5. The Balaban J connectivity index is 1.18. The van der Waals surface area contributed by atoms with E-state index in [1.165, 1.54) is 38.3 Å². The highest BCUT2D eigenvalue weighted by Gasteiger charge is 2.21. The summed E-state index contributed by atoms with van der Waals surface area (Å²) < 4.78 is 11.5. The lowest BCUT2D eigenvalue weighted by atomic mass is 9.94. The van der Waals surface area contributed by atoms with Gasteiger partial charge in [-0.05, 0) is 60.2 Å². The van der Waals surface area contributed by atoms with Gasteiger partial charge < -0.3 is 36.2 Å². The first-order valence-corrected chi connectivity index (χ1v) is 18.6. The molecule has 0 spiro atoms. The zero-order valence-electron chi connectivity index (χ0n) is 29.3. The number of carbonyl (C=O) groups is 1. The Morgan fingerprint density at radius 2 is 1.57 bits per heavy atom. The average molecular weight is 729 g/mol. The molecule has 1 atom stereocenters. The lowest BCUT2D eigenvalue weighted by Crippen LogP contribution is -2.35. The van der Waals surface area contributed by atoms with E-state index in [1.807, 2.05) is 66.7 Å². The molecular formula is C41H47Cl2N5O3. The molecule has 2 aliphatic rings. The van der Waals surface area contributed by atoms with Crippen molar-refractivity contribution in [1.29, 1.82) is 5.41 Å². The molecule has 51 heavy (non-hydrogen) atoms. The number of carbonyl (C=O) groups excluding carboxylic acids is 1. The maximum atomic E-state index is 11.5. The first-order chi connectivity index (χ1) is 24.9. The molecule has 1 heterocycles. The van der Waals surface area contributed by atoms with Crippen molar-refractivity contribution in [3.63, 3.8) is 0 Å². The zero-order chi connectivity index (χ0) is 35.7. The topological polar surface area (TPSA) is 108 Å². The molecule has 6 rings (SSSR count). The SMILES string of the molecule is COc1cc(-c2cccc(-c3cccc(NCc4cc(OC)c(CNC5CCCCC5)cc4Cl)c3C=N)c2Cl)ccc1CNCC1CCC(=O)N1.